The minimum Gasteiger partial charge on any atom is -0.465 e. The topological polar surface area (TPSA) is 74.5 Å². The molecule has 1 N–H and O–H groups in total. The maximum absolute atomic E-state index is 12.3. The lowest BCUT2D eigenvalue weighted by atomic mass is 10.2. The molecule has 0 saturated carbocycles. The quantitative estimate of drug-likeness (QED) is 0.826. The summed E-state index contributed by atoms with van der Waals surface area (Å²) in [7, 11) is 1.83. The zero-order valence-electron chi connectivity index (χ0n) is 14.8. The van der Waals surface area contributed by atoms with Crippen molar-refractivity contribution in [1.82, 2.24) is 20.2 Å². The van der Waals surface area contributed by atoms with Gasteiger partial charge in [0.1, 0.15) is 17.3 Å². The lowest BCUT2D eigenvalue weighted by molar-refractivity contribution is -0.120. The predicted molar refractivity (Wildman–Crippen MR) is 95.3 cm³/mol. The highest BCUT2D eigenvalue weighted by Crippen LogP contribution is 2.26. The number of anilines is 1. The average Bonchev–Trinajstić information content (AvgIpc) is 3.28. The summed E-state index contributed by atoms with van der Waals surface area (Å²) in [6, 6.07) is 4.07. The summed E-state index contributed by atoms with van der Waals surface area (Å²) in [5.41, 5.74) is 0. The Morgan fingerprint density at radius 2 is 2.16 bits per heavy atom. The molecule has 1 aliphatic heterocycles. The lowest BCUT2D eigenvalue weighted by Crippen LogP contribution is -2.41. The van der Waals surface area contributed by atoms with E-state index in [1.54, 1.807) is 23.5 Å². The molecule has 7 nitrogen and oxygen atoms in total. The van der Waals surface area contributed by atoms with E-state index in [4.69, 9.17) is 4.42 Å². The van der Waals surface area contributed by atoms with Gasteiger partial charge in [0.15, 0.2) is 0 Å². The number of carbonyl (C=O) groups excluding carboxylic acids is 1. The van der Waals surface area contributed by atoms with Crippen LogP contribution in [-0.2, 0) is 4.79 Å². The highest BCUT2D eigenvalue weighted by molar-refractivity contribution is 5.80. The number of furan rings is 1. The molecule has 0 aromatic carbocycles. The maximum Gasteiger partial charge on any atom is 0.239 e. The Bertz CT molecular complexity index is 682. The molecule has 1 amide bonds. The number of likely N-dealkylation sites (N-methyl/N-ethyl adjacent to an activating group) is 1. The van der Waals surface area contributed by atoms with Gasteiger partial charge in [-0.3, -0.25) is 14.7 Å². The van der Waals surface area contributed by atoms with Crippen molar-refractivity contribution < 1.29 is 9.21 Å². The van der Waals surface area contributed by atoms with Gasteiger partial charge >= 0.3 is 0 Å². The average molecular weight is 343 g/mol. The monoisotopic (exact) mass is 343 g/mol. The predicted octanol–water partition coefficient (Wildman–Crippen LogP) is 1.77. The molecule has 1 aliphatic rings. The van der Waals surface area contributed by atoms with E-state index in [0.717, 1.165) is 24.6 Å². The van der Waals surface area contributed by atoms with Crippen molar-refractivity contribution in [3.05, 3.63) is 42.2 Å². The molecule has 2 aromatic heterocycles. The Labute approximate surface area is 148 Å². The normalized spacial score (nSPS) is 15.9. The van der Waals surface area contributed by atoms with E-state index in [1.165, 1.54) is 12.8 Å². The number of nitrogens with zero attached hydrogens (tertiary/aromatic N) is 4. The zero-order valence-corrected chi connectivity index (χ0v) is 14.8. The van der Waals surface area contributed by atoms with Gasteiger partial charge in [-0.15, -0.1) is 0 Å². The molecule has 0 spiro atoms. The van der Waals surface area contributed by atoms with Crippen LogP contribution in [0.3, 0.4) is 0 Å². The van der Waals surface area contributed by atoms with Crippen LogP contribution in [0.25, 0.3) is 0 Å². The number of likely N-dealkylation sites (tertiary alicyclic amines) is 1. The smallest absolute Gasteiger partial charge is 0.239 e. The summed E-state index contributed by atoms with van der Waals surface area (Å²) >= 11 is 0. The first-order chi connectivity index (χ1) is 12.1. The van der Waals surface area contributed by atoms with E-state index >= 15 is 0 Å². The van der Waals surface area contributed by atoms with Gasteiger partial charge in [-0.25, -0.2) is 4.98 Å². The number of amides is 1. The highest BCUT2D eigenvalue weighted by Gasteiger charge is 2.26. The molecule has 1 atom stereocenters. The number of nitrogens with one attached hydrogen (secondary N) is 1. The molecule has 0 aliphatic carbocycles. The van der Waals surface area contributed by atoms with E-state index in [0.29, 0.717) is 12.4 Å². The third-order valence-electron chi connectivity index (χ3n) is 4.48. The van der Waals surface area contributed by atoms with E-state index in [1.807, 2.05) is 26.1 Å². The van der Waals surface area contributed by atoms with Crippen LogP contribution < -0.4 is 10.2 Å². The Balaban J connectivity index is 1.58. The molecule has 0 unspecified atom stereocenters. The maximum atomic E-state index is 12.3. The van der Waals surface area contributed by atoms with Crippen molar-refractivity contribution in [2.24, 2.45) is 0 Å². The first-order valence-corrected chi connectivity index (χ1v) is 8.68. The number of hydrogen-bond acceptors (Lipinski definition) is 6. The molecule has 25 heavy (non-hydrogen) atoms. The van der Waals surface area contributed by atoms with Gasteiger partial charge in [0, 0.05) is 26.0 Å². The fourth-order valence-electron chi connectivity index (χ4n) is 3.15. The van der Waals surface area contributed by atoms with Crippen molar-refractivity contribution in [1.29, 1.82) is 0 Å². The van der Waals surface area contributed by atoms with Crippen LogP contribution in [0.2, 0.25) is 0 Å². The second kappa shape index (κ2) is 8.11. The number of aryl methyl sites for hydroxylation is 1. The minimum atomic E-state index is -0.0411. The summed E-state index contributed by atoms with van der Waals surface area (Å²) in [5, 5.41) is 3.04. The summed E-state index contributed by atoms with van der Waals surface area (Å²) in [6.45, 7) is 4.81. The largest absolute Gasteiger partial charge is 0.465 e. The Morgan fingerprint density at radius 3 is 2.80 bits per heavy atom. The molecular formula is C18H25N5O2. The highest BCUT2D eigenvalue weighted by atomic mass is 16.3. The molecule has 3 rings (SSSR count). The van der Waals surface area contributed by atoms with Crippen molar-refractivity contribution >= 4 is 11.7 Å². The molecule has 134 valence electrons. The summed E-state index contributed by atoms with van der Waals surface area (Å²) in [6.07, 6.45) is 7.26. The van der Waals surface area contributed by atoms with Crippen LogP contribution in [0.1, 0.15) is 30.4 Å². The fraction of sp³-hybridized carbons (Fsp3) is 0.500. The molecule has 0 bridgehead atoms. The van der Waals surface area contributed by atoms with Crippen LogP contribution >= 0.6 is 0 Å². The third kappa shape index (κ3) is 4.57. The van der Waals surface area contributed by atoms with Gasteiger partial charge in [0.2, 0.25) is 5.91 Å². The standard InChI is InChI=1S/C18H25N5O2/c1-14-5-6-16(25-14)15(23-9-3-4-10-23)11-21-18(24)13-22(2)17-12-19-7-8-20-17/h5-8,12,15H,3-4,9-11,13H2,1-2H3,(H,21,24)/t15-/m1/s1. The van der Waals surface area contributed by atoms with Gasteiger partial charge in [0.25, 0.3) is 0 Å². The van der Waals surface area contributed by atoms with Crippen molar-refractivity contribution in [2.45, 2.75) is 25.8 Å². The first-order valence-electron chi connectivity index (χ1n) is 8.68. The number of rotatable bonds is 7. The second-order valence-electron chi connectivity index (χ2n) is 6.43. The van der Waals surface area contributed by atoms with Gasteiger partial charge < -0.3 is 14.6 Å². The van der Waals surface area contributed by atoms with E-state index < -0.39 is 0 Å². The van der Waals surface area contributed by atoms with Crippen molar-refractivity contribution in [3.8, 4) is 0 Å². The van der Waals surface area contributed by atoms with Gasteiger partial charge in [-0.2, -0.15) is 0 Å². The Hall–Kier alpha value is -2.41. The minimum absolute atomic E-state index is 0.0411. The lowest BCUT2D eigenvalue weighted by Gasteiger charge is -2.26. The second-order valence-corrected chi connectivity index (χ2v) is 6.43. The van der Waals surface area contributed by atoms with Crippen LogP contribution in [-0.4, -0.2) is 54.0 Å². The fourth-order valence-corrected chi connectivity index (χ4v) is 3.15. The van der Waals surface area contributed by atoms with E-state index in [-0.39, 0.29) is 18.5 Å². The number of aromatic nitrogens is 2. The van der Waals surface area contributed by atoms with Gasteiger partial charge in [-0.1, -0.05) is 0 Å². The molecular weight excluding hydrogens is 318 g/mol. The van der Waals surface area contributed by atoms with Crippen molar-refractivity contribution in [3.63, 3.8) is 0 Å². The molecule has 1 saturated heterocycles. The van der Waals surface area contributed by atoms with Crippen LogP contribution in [0.15, 0.2) is 35.1 Å². The van der Waals surface area contributed by atoms with Crippen LogP contribution in [0.5, 0.6) is 0 Å². The van der Waals surface area contributed by atoms with Crippen molar-refractivity contribution in [2.75, 3.05) is 38.1 Å². The van der Waals surface area contributed by atoms with Gasteiger partial charge in [-0.05, 0) is 45.0 Å². The molecule has 7 heteroatoms. The number of hydrogen-bond donors (Lipinski definition) is 1. The summed E-state index contributed by atoms with van der Waals surface area (Å²) in [5.74, 6) is 2.45. The molecule has 3 heterocycles. The summed E-state index contributed by atoms with van der Waals surface area (Å²) in [4.78, 5) is 24.7. The zero-order chi connectivity index (χ0) is 17.6. The van der Waals surface area contributed by atoms with Gasteiger partial charge in [0.05, 0.1) is 18.8 Å². The molecule has 2 aromatic rings. The van der Waals surface area contributed by atoms with Crippen LogP contribution in [0.4, 0.5) is 5.82 Å². The van der Waals surface area contributed by atoms with Crippen LogP contribution in [0, 0.1) is 6.92 Å². The summed E-state index contributed by atoms with van der Waals surface area (Å²) < 4.78 is 5.82. The SMILES string of the molecule is Cc1ccc([C@@H](CNC(=O)CN(C)c2cnccn2)N2CCCC2)o1. The number of carbonyl (C=O) groups is 1. The van der Waals surface area contributed by atoms with E-state index in [9.17, 15) is 4.79 Å². The molecule has 0 radical (unpaired) electrons. The Morgan fingerprint density at radius 1 is 1.36 bits per heavy atom. The Kier molecular flexibility index (Phi) is 5.65. The third-order valence-corrected chi connectivity index (χ3v) is 4.48. The van der Waals surface area contributed by atoms with E-state index in [2.05, 4.69) is 20.2 Å². The first kappa shape index (κ1) is 17.4. The molecule has 1 fully saturated rings.